The van der Waals surface area contributed by atoms with E-state index in [0.29, 0.717) is 18.6 Å². The number of aryl methyl sites for hydroxylation is 1. The second kappa shape index (κ2) is 4.99. The maximum Gasteiger partial charge on any atom is 0.329 e. The van der Waals surface area contributed by atoms with Crippen molar-refractivity contribution in [3.8, 4) is 0 Å². The van der Waals surface area contributed by atoms with Crippen molar-refractivity contribution in [2.75, 3.05) is 0 Å². The molecule has 0 aromatic carbocycles. The molecule has 1 heterocycles. The molecule has 2 N–H and O–H groups in total. The molecule has 0 spiro atoms. The largest absolute Gasteiger partial charge is 0.480 e. The molecule has 1 amide bonds. The summed E-state index contributed by atoms with van der Waals surface area (Å²) < 4.78 is 4.76. The smallest absolute Gasteiger partial charge is 0.329 e. The van der Waals surface area contributed by atoms with Crippen LogP contribution in [0.4, 0.5) is 0 Å². The van der Waals surface area contributed by atoms with Gasteiger partial charge in [-0.25, -0.2) is 4.79 Å². The van der Waals surface area contributed by atoms with Gasteiger partial charge < -0.3 is 14.9 Å². The van der Waals surface area contributed by atoms with Gasteiger partial charge in [0.1, 0.15) is 11.3 Å². The number of nitrogens with one attached hydrogen (secondary N) is 1. The van der Waals surface area contributed by atoms with Crippen LogP contribution in [0.15, 0.2) is 10.6 Å². The number of hydrogen-bond acceptors (Lipinski definition) is 4. The van der Waals surface area contributed by atoms with Gasteiger partial charge in [-0.1, -0.05) is 18.5 Å². The van der Waals surface area contributed by atoms with E-state index in [1.807, 2.05) is 6.92 Å². The van der Waals surface area contributed by atoms with Gasteiger partial charge in [0.15, 0.2) is 5.69 Å². The molecule has 0 aliphatic heterocycles. The lowest BCUT2D eigenvalue weighted by molar-refractivity contribution is -0.144. The molecule has 0 aliphatic rings. The summed E-state index contributed by atoms with van der Waals surface area (Å²) in [5.74, 6) is -1.10. The quantitative estimate of drug-likeness (QED) is 0.810. The molecule has 6 nitrogen and oxygen atoms in total. The summed E-state index contributed by atoms with van der Waals surface area (Å²) in [6.07, 6.45) is 1.01. The highest BCUT2D eigenvalue weighted by atomic mass is 16.5. The molecule has 1 aromatic rings. The number of carboxylic acids is 1. The fourth-order valence-electron chi connectivity index (χ4n) is 1.51. The van der Waals surface area contributed by atoms with E-state index in [9.17, 15) is 9.59 Å². The summed E-state index contributed by atoms with van der Waals surface area (Å²) in [4.78, 5) is 22.9. The minimum Gasteiger partial charge on any atom is -0.480 e. The lowest BCUT2D eigenvalue weighted by Gasteiger charge is -2.25. The molecule has 6 heteroatoms. The maximum atomic E-state index is 11.8. The third kappa shape index (κ3) is 3.05. The normalized spacial score (nSPS) is 14.1. The molecule has 1 rings (SSSR count). The fraction of sp³-hybridized carbons (Fsp3) is 0.545. The number of carbonyl (C=O) groups is 2. The van der Waals surface area contributed by atoms with Gasteiger partial charge in [-0.05, 0) is 20.3 Å². The van der Waals surface area contributed by atoms with Crippen LogP contribution in [-0.2, 0) is 4.79 Å². The Hall–Kier alpha value is -1.85. The van der Waals surface area contributed by atoms with Crippen LogP contribution >= 0.6 is 0 Å². The van der Waals surface area contributed by atoms with Crippen LogP contribution < -0.4 is 5.32 Å². The lowest BCUT2D eigenvalue weighted by atomic mass is 9.96. The zero-order valence-corrected chi connectivity index (χ0v) is 10.1. The first-order chi connectivity index (χ1) is 7.89. The molecule has 1 atom stereocenters. The highest BCUT2D eigenvalue weighted by Crippen LogP contribution is 2.14. The Morgan fingerprint density at radius 3 is 2.65 bits per heavy atom. The predicted octanol–water partition coefficient (Wildman–Crippen LogP) is 1.36. The maximum absolute atomic E-state index is 11.8. The summed E-state index contributed by atoms with van der Waals surface area (Å²) >= 11 is 0. The molecular weight excluding hydrogens is 224 g/mol. The van der Waals surface area contributed by atoms with Gasteiger partial charge in [0.25, 0.3) is 5.91 Å². The lowest BCUT2D eigenvalue weighted by Crippen LogP contribution is -2.52. The molecule has 0 bridgehead atoms. The summed E-state index contributed by atoms with van der Waals surface area (Å²) in [5.41, 5.74) is -1.19. The second-order valence-corrected chi connectivity index (χ2v) is 4.16. The number of aliphatic carboxylic acids is 1. The van der Waals surface area contributed by atoms with Crippen LogP contribution in [0.1, 0.15) is 42.9 Å². The van der Waals surface area contributed by atoms with Crippen LogP contribution in [0.25, 0.3) is 0 Å². The van der Waals surface area contributed by atoms with E-state index in [2.05, 4.69) is 10.5 Å². The van der Waals surface area contributed by atoms with Crippen LogP contribution in [0.2, 0.25) is 0 Å². The molecule has 17 heavy (non-hydrogen) atoms. The van der Waals surface area contributed by atoms with Gasteiger partial charge in [-0.2, -0.15) is 0 Å². The third-order valence-electron chi connectivity index (χ3n) is 2.47. The fourth-order valence-corrected chi connectivity index (χ4v) is 1.51. The topological polar surface area (TPSA) is 92.4 Å². The Kier molecular flexibility index (Phi) is 3.88. The van der Waals surface area contributed by atoms with Gasteiger partial charge in [0.2, 0.25) is 0 Å². The van der Waals surface area contributed by atoms with Crippen LogP contribution in [0.3, 0.4) is 0 Å². The molecule has 0 fully saturated rings. The van der Waals surface area contributed by atoms with E-state index in [-0.39, 0.29) is 5.69 Å². The summed E-state index contributed by atoms with van der Waals surface area (Å²) in [7, 11) is 0. The summed E-state index contributed by atoms with van der Waals surface area (Å²) in [5, 5.41) is 15.1. The Labute approximate surface area is 99.0 Å². The second-order valence-electron chi connectivity index (χ2n) is 4.16. The van der Waals surface area contributed by atoms with Crippen molar-refractivity contribution in [2.45, 2.75) is 39.2 Å². The highest BCUT2D eigenvalue weighted by Gasteiger charge is 2.34. The Balaban J connectivity index is 2.81. The first-order valence-corrected chi connectivity index (χ1v) is 5.38. The molecule has 1 aromatic heterocycles. The van der Waals surface area contributed by atoms with E-state index in [1.54, 1.807) is 6.92 Å². The number of amides is 1. The van der Waals surface area contributed by atoms with Crippen molar-refractivity contribution >= 4 is 11.9 Å². The standard InChI is InChI=1S/C11H16N2O4/c1-4-5-11(3,10(15)16)12-9(14)8-6-7(2)17-13-8/h6H,4-5H2,1-3H3,(H,12,14)(H,15,16). The Morgan fingerprint density at radius 1 is 1.59 bits per heavy atom. The van der Waals surface area contributed by atoms with Gasteiger partial charge in [0.05, 0.1) is 0 Å². The first-order valence-electron chi connectivity index (χ1n) is 5.38. The van der Waals surface area contributed by atoms with Crippen molar-refractivity contribution in [3.63, 3.8) is 0 Å². The average Bonchev–Trinajstić information content (AvgIpc) is 2.65. The van der Waals surface area contributed by atoms with Crippen molar-refractivity contribution in [1.29, 1.82) is 0 Å². The zero-order valence-electron chi connectivity index (χ0n) is 10.1. The van der Waals surface area contributed by atoms with Crippen LogP contribution in [0.5, 0.6) is 0 Å². The SMILES string of the molecule is CCCC(C)(NC(=O)c1cc(C)on1)C(=O)O. The number of rotatable bonds is 5. The van der Waals surface area contributed by atoms with E-state index in [4.69, 9.17) is 9.63 Å². The molecule has 0 aliphatic carbocycles. The number of hydrogen-bond donors (Lipinski definition) is 2. The van der Waals surface area contributed by atoms with Crippen molar-refractivity contribution < 1.29 is 19.2 Å². The first kappa shape index (κ1) is 13.2. The van der Waals surface area contributed by atoms with Crippen molar-refractivity contribution in [3.05, 3.63) is 17.5 Å². The molecule has 1 unspecified atom stereocenters. The highest BCUT2D eigenvalue weighted by molar-refractivity contribution is 5.96. The molecule has 0 saturated carbocycles. The predicted molar refractivity (Wildman–Crippen MR) is 59.7 cm³/mol. The Morgan fingerprint density at radius 2 is 2.24 bits per heavy atom. The molecule has 94 valence electrons. The number of carbonyl (C=O) groups excluding carboxylic acids is 1. The van der Waals surface area contributed by atoms with Crippen molar-refractivity contribution in [1.82, 2.24) is 10.5 Å². The van der Waals surface area contributed by atoms with Crippen LogP contribution in [-0.4, -0.2) is 27.7 Å². The number of carboxylic acid groups (broad SMARTS) is 1. The van der Waals surface area contributed by atoms with E-state index >= 15 is 0 Å². The van der Waals surface area contributed by atoms with Gasteiger partial charge >= 0.3 is 5.97 Å². The number of nitrogens with zero attached hydrogens (tertiary/aromatic N) is 1. The molecule has 0 radical (unpaired) electrons. The number of aromatic nitrogens is 1. The summed E-state index contributed by atoms with van der Waals surface area (Å²) in [6.45, 7) is 4.99. The summed E-state index contributed by atoms with van der Waals surface area (Å²) in [6, 6.07) is 1.46. The monoisotopic (exact) mass is 240 g/mol. The molecular formula is C11H16N2O4. The third-order valence-corrected chi connectivity index (χ3v) is 2.47. The van der Waals surface area contributed by atoms with Crippen LogP contribution in [0, 0.1) is 6.92 Å². The van der Waals surface area contributed by atoms with E-state index in [1.165, 1.54) is 13.0 Å². The zero-order chi connectivity index (χ0) is 13.1. The molecule has 0 saturated heterocycles. The minimum atomic E-state index is -1.28. The van der Waals surface area contributed by atoms with Gasteiger partial charge in [0, 0.05) is 6.07 Å². The Bertz CT molecular complexity index is 427. The van der Waals surface area contributed by atoms with Gasteiger partial charge in [-0.15, -0.1) is 0 Å². The van der Waals surface area contributed by atoms with Gasteiger partial charge in [-0.3, -0.25) is 4.79 Å². The van der Waals surface area contributed by atoms with Crippen molar-refractivity contribution in [2.24, 2.45) is 0 Å². The van der Waals surface area contributed by atoms with E-state index < -0.39 is 17.4 Å². The average molecular weight is 240 g/mol. The van der Waals surface area contributed by atoms with E-state index in [0.717, 1.165) is 0 Å². The minimum absolute atomic E-state index is 0.0890.